The lowest BCUT2D eigenvalue weighted by Crippen LogP contribution is -2.51. The van der Waals surface area contributed by atoms with E-state index >= 15 is 0 Å². The van der Waals surface area contributed by atoms with E-state index in [2.05, 4.69) is 28.6 Å². The Hall–Kier alpha value is -4.69. The molecule has 8 nitrogen and oxygen atoms in total. The molecule has 0 spiro atoms. The maximum absolute atomic E-state index is 13.5. The molecule has 2 aliphatic heterocycles. The van der Waals surface area contributed by atoms with Crippen LogP contribution in [0.4, 0.5) is 10.5 Å². The number of anilines is 1. The molecule has 0 aliphatic carbocycles. The van der Waals surface area contributed by atoms with Gasteiger partial charge in [-0.05, 0) is 71.5 Å². The van der Waals surface area contributed by atoms with Crippen molar-refractivity contribution in [2.45, 2.75) is 25.5 Å². The van der Waals surface area contributed by atoms with Crippen LogP contribution in [0.5, 0.6) is 0 Å². The van der Waals surface area contributed by atoms with Gasteiger partial charge in [-0.3, -0.25) is 4.79 Å². The van der Waals surface area contributed by atoms with Gasteiger partial charge in [0.05, 0.1) is 11.7 Å². The number of hydrogen-bond acceptors (Lipinski definition) is 4. The summed E-state index contributed by atoms with van der Waals surface area (Å²) in [7, 11) is 0. The Labute approximate surface area is 244 Å². The van der Waals surface area contributed by atoms with Crippen molar-refractivity contribution in [2.75, 3.05) is 38.1 Å². The first-order valence-corrected chi connectivity index (χ1v) is 14.7. The number of carbonyl (C=O) groups excluding carboxylic acids is 2. The molecule has 7 rings (SSSR count). The minimum absolute atomic E-state index is 0.0232. The van der Waals surface area contributed by atoms with Gasteiger partial charge in [0.25, 0.3) is 5.91 Å². The molecule has 1 atom stereocenters. The number of carbonyl (C=O) groups is 2. The predicted molar refractivity (Wildman–Crippen MR) is 164 cm³/mol. The minimum Gasteiger partial charge on any atom is -0.356 e. The summed E-state index contributed by atoms with van der Waals surface area (Å²) in [6.45, 7) is 2.69. The Morgan fingerprint density at radius 3 is 2.45 bits per heavy atom. The standard InChI is InChI=1S/C34H33N5O3/c40-33(37-16-18-38(19-17-37)34(41)36-28-15-14-24-7-1-2-8-25(24)22-28)27-10-5-9-26(21-27)29-11-6-12-31-30(29)23-35-39(31)32-13-3-4-20-42-32/h1-2,5-12,14-15,21-23,32H,3-4,13,16-20H2,(H,36,41). The molecule has 1 aromatic heterocycles. The summed E-state index contributed by atoms with van der Waals surface area (Å²) in [5.41, 5.74) is 4.46. The summed E-state index contributed by atoms with van der Waals surface area (Å²) >= 11 is 0. The molecule has 42 heavy (non-hydrogen) atoms. The minimum atomic E-state index is -0.147. The Morgan fingerprint density at radius 1 is 0.810 bits per heavy atom. The maximum Gasteiger partial charge on any atom is 0.321 e. The van der Waals surface area contributed by atoms with Crippen LogP contribution >= 0.6 is 0 Å². The number of aromatic nitrogens is 2. The van der Waals surface area contributed by atoms with Crippen molar-refractivity contribution >= 4 is 39.3 Å². The number of nitrogens with zero attached hydrogens (tertiary/aromatic N) is 4. The zero-order valence-corrected chi connectivity index (χ0v) is 23.4. The van der Waals surface area contributed by atoms with E-state index < -0.39 is 0 Å². The molecular formula is C34H33N5O3. The van der Waals surface area contributed by atoms with Crippen LogP contribution in [-0.4, -0.2) is 64.3 Å². The Kier molecular flexibility index (Phi) is 7.05. The normalized spacial score (nSPS) is 17.5. The topological polar surface area (TPSA) is 79.7 Å². The second-order valence-electron chi connectivity index (χ2n) is 11.0. The number of piperazine rings is 1. The molecule has 1 N–H and O–H groups in total. The van der Waals surface area contributed by atoms with Gasteiger partial charge < -0.3 is 19.9 Å². The van der Waals surface area contributed by atoms with Crippen molar-refractivity contribution in [1.29, 1.82) is 0 Å². The molecule has 2 aliphatic rings. The van der Waals surface area contributed by atoms with Gasteiger partial charge in [-0.25, -0.2) is 9.48 Å². The number of rotatable bonds is 4. The van der Waals surface area contributed by atoms with Gasteiger partial charge in [-0.1, -0.05) is 54.6 Å². The fraction of sp³-hybridized carbons (Fsp3) is 0.265. The average molecular weight is 560 g/mol. The summed E-state index contributed by atoms with van der Waals surface area (Å²) in [6.07, 6.45) is 5.06. The van der Waals surface area contributed by atoms with E-state index in [4.69, 9.17) is 4.74 Å². The Bertz CT molecular complexity index is 1770. The molecule has 5 aromatic rings. The SMILES string of the molecule is O=C(Nc1ccc2ccccc2c1)N1CCN(C(=O)c2cccc(-c3cccc4c3cnn4C3CCCCO3)c2)CC1. The Morgan fingerprint density at radius 2 is 1.62 bits per heavy atom. The van der Waals surface area contributed by atoms with E-state index in [1.54, 1.807) is 4.90 Å². The monoisotopic (exact) mass is 559 g/mol. The van der Waals surface area contributed by atoms with Crippen LogP contribution in [0.1, 0.15) is 35.8 Å². The first kappa shape index (κ1) is 26.2. The van der Waals surface area contributed by atoms with Crippen molar-refractivity contribution < 1.29 is 14.3 Å². The molecule has 3 amide bonds. The molecule has 8 heteroatoms. The van der Waals surface area contributed by atoms with Crippen LogP contribution in [-0.2, 0) is 4.74 Å². The van der Waals surface area contributed by atoms with E-state index in [9.17, 15) is 9.59 Å². The molecular weight excluding hydrogens is 526 g/mol. The number of urea groups is 1. The van der Waals surface area contributed by atoms with Crippen LogP contribution in [0.15, 0.2) is 91.1 Å². The van der Waals surface area contributed by atoms with E-state index in [1.807, 2.05) is 82.5 Å². The fourth-order valence-corrected chi connectivity index (χ4v) is 6.05. The molecule has 0 bridgehead atoms. The molecule has 2 saturated heterocycles. The molecule has 2 fully saturated rings. The number of hydrogen-bond donors (Lipinski definition) is 1. The highest BCUT2D eigenvalue weighted by Crippen LogP contribution is 2.32. The van der Waals surface area contributed by atoms with Gasteiger partial charge in [0.2, 0.25) is 0 Å². The zero-order valence-electron chi connectivity index (χ0n) is 23.4. The predicted octanol–water partition coefficient (Wildman–Crippen LogP) is 6.55. The molecule has 1 unspecified atom stereocenters. The fourth-order valence-electron chi connectivity index (χ4n) is 6.05. The van der Waals surface area contributed by atoms with Gasteiger partial charge in [0, 0.05) is 49.4 Å². The summed E-state index contributed by atoms with van der Waals surface area (Å²) in [4.78, 5) is 30.1. The number of amides is 3. The van der Waals surface area contributed by atoms with Crippen molar-refractivity contribution in [1.82, 2.24) is 19.6 Å². The van der Waals surface area contributed by atoms with Crippen LogP contribution in [0.2, 0.25) is 0 Å². The third-order valence-corrected chi connectivity index (χ3v) is 8.34. The van der Waals surface area contributed by atoms with Gasteiger partial charge in [-0.15, -0.1) is 0 Å². The smallest absolute Gasteiger partial charge is 0.321 e. The highest BCUT2D eigenvalue weighted by atomic mass is 16.5. The van der Waals surface area contributed by atoms with Crippen molar-refractivity contribution in [3.63, 3.8) is 0 Å². The summed E-state index contributed by atoms with van der Waals surface area (Å²) < 4.78 is 7.97. The molecule has 4 aromatic carbocycles. The van der Waals surface area contributed by atoms with Crippen LogP contribution in [0.3, 0.4) is 0 Å². The third kappa shape index (κ3) is 5.10. The van der Waals surface area contributed by atoms with Crippen molar-refractivity contribution in [2.24, 2.45) is 0 Å². The number of fused-ring (bicyclic) bond motifs is 2. The summed E-state index contributed by atoms with van der Waals surface area (Å²) in [6, 6.07) is 27.8. The van der Waals surface area contributed by atoms with E-state index in [0.717, 1.165) is 64.4 Å². The third-order valence-electron chi connectivity index (χ3n) is 8.34. The van der Waals surface area contributed by atoms with Crippen LogP contribution in [0.25, 0.3) is 32.8 Å². The van der Waals surface area contributed by atoms with E-state index in [1.165, 1.54) is 0 Å². The number of nitrogens with one attached hydrogen (secondary N) is 1. The second-order valence-corrected chi connectivity index (χ2v) is 11.0. The molecule has 0 saturated carbocycles. The second kappa shape index (κ2) is 11.3. The lowest BCUT2D eigenvalue weighted by Gasteiger charge is -2.34. The first-order valence-electron chi connectivity index (χ1n) is 14.7. The quantitative estimate of drug-likeness (QED) is 0.271. The van der Waals surface area contributed by atoms with Gasteiger partial charge in [0.1, 0.15) is 0 Å². The van der Waals surface area contributed by atoms with Gasteiger partial charge >= 0.3 is 6.03 Å². The zero-order chi connectivity index (χ0) is 28.5. The lowest BCUT2D eigenvalue weighted by atomic mass is 9.99. The lowest BCUT2D eigenvalue weighted by molar-refractivity contribution is -0.0366. The van der Waals surface area contributed by atoms with Gasteiger partial charge in [-0.2, -0.15) is 5.10 Å². The largest absolute Gasteiger partial charge is 0.356 e. The number of benzene rings is 4. The van der Waals surface area contributed by atoms with Crippen LogP contribution in [0, 0.1) is 0 Å². The Balaban J connectivity index is 1.03. The molecule has 3 heterocycles. The van der Waals surface area contributed by atoms with Crippen LogP contribution < -0.4 is 5.32 Å². The van der Waals surface area contributed by atoms with Gasteiger partial charge in [0.15, 0.2) is 6.23 Å². The molecule has 0 radical (unpaired) electrons. The first-order chi connectivity index (χ1) is 20.6. The van der Waals surface area contributed by atoms with Crippen molar-refractivity contribution in [3.8, 4) is 11.1 Å². The highest BCUT2D eigenvalue weighted by molar-refractivity contribution is 5.99. The highest BCUT2D eigenvalue weighted by Gasteiger charge is 2.26. The maximum atomic E-state index is 13.5. The summed E-state index contributed by atoms with van der Waals surface area (Å²) in [5, 5.41) is 10.9. The molecule has 212 valence electrons. The van der Waals surface area contributed by atoms with E-state index in [0.29, 0.717) is 31.7 Å². The van der Waals surface area contributed by atoms with Crippen molar-refractivity contribution in [3.05, 3.63) is 96.7 Å². The number of ether oxygens (including phenoxy) is 1. The van der Waals surface area contributed by atoms with E-state index in [-0.39, 0.29) is 18.2 Å². The summed E-state index contributed by atoms with van der Waals surface area (Å²) in [5.74, 6) is -0.0232. The average Bonchev–Trinajstić information content (AvgIpc) is 3.49.